The minimum atomic E-state index is -0.915. The second-order valence-corrected chi connectivity index (χ2v) is 5.59. The van der Waals surface area contributed by atoms with Crippen molar-refractivity contribution in [1.82, 2.24) is 20.6 Å². The maximum absolute atomic E-state index is 12.3. The highest BCUT2D eigenvalue weighted by molar-refractivity contribution is 5.99. The van der Waals surface area contributed by atoms with Gasteiger partial charge in [0.15, 0.2) is 6.10 Å². The molecule has 4 rings (SSSR count). The smallest absolute Gasteiger partial charge is 0.265 e. The number of rotatable bonds is 4. The number of fused-ring (bicyclic) bond motifs is 1. The first-order valence-electron chi connectivity index (χ1n) is 7.84. The maximum atomic E-state index is 12.3. The van der Waals surface area contributed by atoms with E-state index in [1.165, 1.54) is 0 Å². The number of tetrazole rings is 1. The Balaban J connectivity index is 1.51. The van der Waals surface area contributed by atoms with Gasteiger partial charge in [0, 0.05) is 12.0 Å². The summed E-state index contributed by atoms with van der Waals surface area (Å²) in [6.45, 7) is 0. The van der Waals surface area contributed by atoms with Crippen LogP contribution in [-0.2, 0) is 4.79 Å². The second-order valence-electron chi connectivity index (χ2n) is 5.59. The van der Waals surface area contributed by atoms with Gasteiger partial charge in [0.05, 0.1) is 11.4 Å². The van der Waals surface area contributed by atoms with E-state index in [-0.39, 0.29) is 12.3 Å². The largest absolute Gasteiger partial charge is 0.862 e. The van der Waals surface area contributed by atoms with Crippen LogP contribution >= 0.6 is 0 Å². The summed E-state index contributed by atoms with van der Waals surface area (Å²) < 4.78 is 5.61. The third kappa shape index (κ3) is 3.22. The van der Waals surface area contributed by atoms with Crippen molar-refractivity contribution in [3.05, 3.63) is 48.5 Å². The fourth-order valence-corrected chi connectivity index (χ4v) is 2.57. The Kier molecular flexibility index (Phi) is 4.02. The van der Waals surface area contributed by atoms with Crippen LogP contribution in [0.1, 0.15) is 6.42 Å². The SMILES string of the molecule is O=C1Nc2ccccc2O[C@H]1CC([O-])=Nc1cccc(-c2nn[nH]n2)c1. The molecule has 0 unspecified atom stereocenters. The first-order chi connectivity index (χ1) is 12.7. The summed E-state index contributed by atoms with van der Waals surface area (Å²) in [7, 11) is 0. The van der Waals surface area contributed by atoms with Crippen LogP contribution in [0.2, 0.25) is 0 Å². The molecule has 3 aromatic rings. The number of anilines is 1. The number of amides is 1. The summed E-state index contributed by atoms with van der Waals surface area (Å²) in [5.74, 6) is 0.104. The Hall–Kier alpha value is -3.75. The quantitative estimate of drug-likeness (QED) is 0.535. The number of carbonyl (C=O) groups excluding carboxylic acids is 1. The zero-order valence-corrected chi connectivity index (χ0v) is 13.4. The van der Waals surface area contributed by atoms with Crippen molar-refractivity contribution in [2.75, 3.05) is 5.32 Å². The molecule has 0 saturated carbocycles. The molecule has 2 heterocycles. The van der Waals surface area contributed by atoms with Gasteiger partial charge < -0.3 is 15.2 Å². The third-order valence-electron chi connectivity index (χ3n) is 3.77. The van der Waals surface area contributed by atoms with Crippen LogP contribution < -0.4 is 15.2 Å². The van der Waals surface area contributed by atoms with Crippen LogP contribution in [0.4, 0.5) is 11.4 Å². The predicted octanol–water partition coefficient (Wildman–Crippen LogP) is 1.05. The van der Waals surface area contributed by atoms with Crippen LogP contribution in [0.5, 0.6) is 5.75 Å². The molecule has 0 bridgehead atoms. The van der Waals surface area contributed by atoms with Crippen molar-refractivity contribution in [2.24, 2.45) is 4.99 Å². The Morgan fingerprint density at radius 3 is 2.96 bits per heavy atom. The highest BCUT2D eigenvalue weighted by Crippen LogP contribution is 2.29. The van der Waals surface area contributed by atoms with Gasteiger partial charge in [0.1, 0.15) is 5.75 Å². The van der Waals surface area contributed by atoms with Crippen molar-refractivity contribution < 1.29 is 14.6 Å². The number of aliphatic imine (C=N–C) groups is 1. The maximum Gasteiger partial charge on any atom is 0.265 e. The molecule has 0 fully saturated rings. The molecule has 2 N–H and O–H groups in total. The molecule has 26 heavy (non-hydrogen) atoms. The number of benzene rings is 2. The van der Waals surface area contributed by atoms with Gasteiger partial charge in [-0.25, -0.2) is 0 Å². The van der Waals surface area contributed by atoms with Crippen LogP contribution in [0, 0.1) is 0 Å². The van der Waals surface area contributed by atoms with E-state index in [1.807, 2.05) is 0 Å². The molecule has 9 nitrogen and oxygen atoms in total. The standard InChI is InChI=1S/C17H14N6O3/c24-15(9-14-17(25)19-12-6-1-2-7-13(12)26-14)18-11-5-3-4-10(8-11)16-20-22-23-21-16/h1-8,14H,9H2,(H,18,24)(H,19,25)(H,20,21,22,23)/p-1/t14-/m0/s1. The zero-order chi connectivity index (χ0) is 17.9. The van der Waals surface area contributed by atoms with Crippen molar-refractivity contribution >= 4 is 23.2 Å². The molecular formula is C17H13N6O3-. The van der Waals surface area contributed by atoms with Crippen LogP contribution in [0.3, 0.4) is 0 Å². The van der Waals surface area contributed by atoms with Gasteiger partial charge >= 0.3 is 0 Å². The first kappa shape index (κ1) is 15.8. The van der Waals surface area contributed by atoms with Gasteiger partial charge in [-0.2, -0.15) is 5.21 Å². The molecule has 0 saturated heterocycles. The van der Waals surface area contributed by atoms with Gasteiger partial charge in [-0.3, -0.25) is 9.79 Å². The van der Waals surface area contributed by atoms with E-state index in [0.717, 1.165) is 0 Å². The average molecular weight is 349 g/mol. The van der Waals surface area contributed by atoms with E-state index >= 15 is 0 Å². The van der Waals surface area contributed by atoms with Crippen LogP contribution in [-0.4, -0.2) is 38.5 Å². The molecule has 1 aliphatic rings. The molecule has 0 radical (unpaired) electrons. The summed E-state index contributed by atoms with van der Waals surface area (Å²) >= 11 is 0. The first-order valence-corrected chi connectivity index (χ1v) is 7.84. The number of H-pyrrole nitrogens is 1. The molecule has 2 aromatic carbocycles. The summed E-state index contributed by atoms with van der Waals surface area (Å²) in [4.78, 5) is 16.1. The Morgan fingerprint density at radius 1 is 1.23 bits per heavy atom. The Bertz CT molecular complexity index is 970. The van der Waals surface area contributed by atoms with Gasteiger partial charge in [-0.15, -0.1) is 10.2 Å². The van der Waals surface area contributed by atoms with Gasteiger partial charge in [0.25, 0.3) is 5.91 Å². The van der Waals surface area contributed by atoms with E-state index in [0.29, 0.717) is 28.5 Å². The van der Waals surface area contributed by atoms with E-state index < -0.39 is 12.0 Å². The summed E-state index contributed by atoms with van der Waals surface area (Å²) in [6.07, 6.45) is -1.08. The molecule has 0 spiro atoms. The third-order valence-corrected chi connectivity index (χ3v) is 3.77. The van der Waals surface area contributed by atoms with E-state index in [1.54, 1.807) is 48.5 Å². The molecule has 1 aliphatic heterocycles. The molecule has 1 atom stereocenters. The molecule has 1 amide bonds. The lowest BCUT2D eigenvalue weighted by atomic mass is 10.1. The number of hydrogen-bond acceptors (Lipinski definition) is 7. The monoisotopic (exact) mass is 349 g/mol. The molecule has 1 aromatic heterocycles. The van der Waals surface area contributed by atoms with Crippen LogP contribution in [0.25, 0.3) is 11.4 Å². The zero-order valence-electron chi connectivity index (χ0n) is 13.4. The van der Waals surface area contributed by atoms with Gasteiger partial charge in [-0.1, -0.05) is 24.3 Å². The molecular weight excluding hydrogens is 336 g/mol. The molecule has 0 aliphatic carbocycles. The minimum Gasteiger partial charge on any atom is -0.862 e. The summed E-state index contributed by atoms with van der Waals surface area (Å²) in [5, 5.41) is 28.6. The highest BCUT2D eigenvalue weighted by atomic mass is 16.5. The number of nitrogens with one attached hydrogen (secondary N) is 2. The van der Waals surface area contributed by atoms with Gasteiger partial charge in [0.2, 0.25) is 5.82 Å². The lowest BCUT2D eigenvalue weighted by Crippen LogP contribution is -2.40. The predicted molar refractivity (Wildman–Crippen MR) is 90.8 cm³/mol. The highest BCUT2D eigenvalue weighted by Gasteiger charge is 2.26. The van der Waals surface area contributed by atoms with Crippen LogP contribution in [0.15, 0.2) is 53.5 Å². The summed E-state index contributed by atoms with van der Waals surface area (Å²) in [6, 6.07) is 13.9. The van der Waals surface area contributed by atoms with Gasteiger partial charge in [-0.05, 0) is 35.4 Å². The average Bonchev–Trinajstić information content (AvgIpc) is 3.17. The van der Waals surface area contributed by atoms with E-state index in [9.17, 15) is 9.90 Å². The molecule has 9 heteroatoms. The number of aromatic amines is 1. The number of carbonyl (C=O) groups is 1. The fourth-order valence-electron chi connectivity index (χ4n) is 2.57. The van der Waals surface area contributed by atoms with Crippen molar-refractivity contribution in [1.29, 1.82) is 0 Å². The van der Waals surface area contributed by atoms with Crippen molar-refractivity contribution in [3.63, 3.8) is 0 Å². The number of aromatic nitrogens is 4. The number of nitrogens with zero attached hydrogens (tertiary/aromatic N) is 4. The summed E-state index contributed by atoms with van der Waals surface area (Å²) in [5.41, 5.74) is 1.70. The second kappa shape index (κ2) is 6.63. The number of para-hydroxylation sites is 2. The Morgan fingerprint density at radius 2 is 2.12 bits per heavy atom. The number of ether oxygens (including phenoxy) is 1. The lowest BCUT2D eigenvalue weighted by molar-refractivity contribution is -0.220. The topological polar surface area (TPSA) is 128 Å². The molecule has 130 valence electrons. The van der Waals surface area contributed by atoms with Crippen molar-refractivity contribution in [2.45, 2.75) is 12.5 Å². The fraction of sp³-hybridized carbons (Fsp3) is 0.118. The minimum absolute atomic E-state index is 0.160. The van der Waals surface area contributed by atoms with E-state index in [4.69, 9.17) is 4.74 Å². The van der Waals surface area contributed by atoms with E-state index in [2.05, 4.69) is 30.9 Å². The van der Waals surface area contributed by atoms with Crippen molar-refractivity contribution in [3.8, 4) is 17.1 Å². The Labute approximate surface area is 147 Å². The normalized spacial score (nSPS) is 16.5. The number of hydrogen-bond donors (Lipinski definition) is 2. The lowest BCUT2D eigenvalue weighted by Gasteiger charge is -2.27.